The van der Waals surface area contributed by atoms with Crippen LogP contribution in [0.4, 0.5) is 0 Å². The Kier molecular flexibility index (Phi) is 3.88. The maximum absolute atomic E-state index is 12.3. The lowest BCUT2D eigenvalue weighted by Crippen LogP contribution is -2.31. The van der Waals surface area contributed by atoms with E-state index >= 15 is 0 Å². The van der Waals surface area contributed by atoms with Crippen molar-refractivity contribution in [2.24, 2.45) is 0 Å². The third-order valence-electron chi connectivity index (χ3n) is 3.78. The average Bonchev–Trinajstić information content (AvgIpc) is 2.90. The first-order chi connectivity index (χ1) is 10.2. The standard InChI is InChI=1S/C17H17NO2S/c1-12(13-5-3-2-4-6-13)18-16(20)11-21-17(18)14-7-9-15(19)10-8-14/h2-10,12,17,19H,11H2,1H3/t12-,17-/m1/s1. The van der Waals surface area contributed by atoms with Gasteiger partial charge in [-0.05, 0) is 30.2 Å². The van der Waals surface area contributed by atoms with Crippen molar-refractivity contribution < 1.29 is 9.90 Å². The first-order valence-corrected chi connectivity index (χ1v) is 7.98. The van der Waals surface area contributed by atoms with Gasteiger partial charge in [0.05, 0.1) is 11.8 Å². The largest absolute Gasteiger partial charge is 0.508 e. The number of carbonyl (C=O) groups is 1. The molecule has 2 aromatic rings. The van der Waals surface area contributed by atoms with Crippen LogP contribution in [-0.2, 0) is 4.79 Å². The molecule has 0 aliphatic carbocycles. The molecule has 21 heavy (non-hydrogen) atoms. The van der Waals surface area contributed by atoms with E-state index in [9.17, 15) is 9.90 Å². The van der Waals surface area contributed by atoms with E-state index in [0.717, 1.165) is 11.1 Å². The SMILES string of the molecule is C[C@H](c1ccccc1)N1C(=O)CS[C@@H]1c1ccc(O)cc1. The molecule has 0 aromatic heterocycles. The molecule has 2 atom stereocenters. The lowest BCUT2D eigenvalue weighted by molar-refractivity contribution is -0.130. The summed E-state index contributed by atoms with van der Waals surface area (Å²) < 4.78 is 0. The van der Waals surface area contributed by atoms with Gasteiger partial charge >= 0.3 is 0 Å². The summed E-state index contributed by atoms with van der Waals surface area (Å²) in [6.07, 6.45) is 0. The van der Waals surface area contributed by atoms with Crippen LogP contribution in [0.5, 0.6) is 5.75 Å². The van der Waals surface area contributed by atoms with Gasteiger partial charge < -0.3 is 10.0 Å². The van der Waals surface area contributed by atoms with Gasteiger partial charge in [0.2, 0.25) is 5.91 Å². The number of hydrogen-bond donors (Lipinski definition) is 1. The molecular weight excluding hydrogens is 282 g/mol. The first kappa shape index (κ1) is 14.0. The van der Waals surface area contributed by atoms with Crippen LogP contribution in [0.15, 0.2) is 54.6 Å². The third kappa shape index (κ3) is 2.76. The molecule has 2 aromatic carbocycles. The first-order valence-electron chi connectivity index (χ1n) is 6.93. The lowest BCUT2D eigenvalue weighted by atomic mass is 10.1. The van der Waals surface area contributed by atoms with E-state index < -0.39 is 0 Å². The molecule has 4 heteroatoms. The van der Waals surface area contributed by atoms with Crippen molar-refractivity contribution >= 4 is 17.7 Å². The van der Waals surface area contributed by atoms with Crippen LogP contribution in [0.25, 0.3) is 0 Å². The predicted octanol–water partition coefficient (Wildman–Crippen LogP) is 3.73. The smallest absolute Gasteiger partial charge is 0.234 e. The summed E-state index contributed by atoms with van der Waals surface area (Å²) in [5.41, 5.74) is 2.18. The Morgan fingerprint density at radius 2 is 1.81 bits per heavy atom. The maximum Gasteiger partial charge on any atom is 0.234 e. The summed E-state index contributed by atoms with van der Waals surface area (Å²) in [5, 5.41) is 9.42. The van der Waals surface area contributed by atoms with Gasteiger partial charge in [0.15, 0.2) is 0 Å². The lowest BCUT2D eigenvalue weighted by Gasteiger charge is -2.30. The summed E-state index contributed by atoms with van der Waals surface area (Å²) in [7, 11) is 0. The van der Waals surface area contributed by atoms with Crippen molar-refractivity contribution in [3.05, 3.63) is 65.7 Å². The second-order valence-electron chi connectivity index (χ2n) is 5.14. The summed E-state index contributed by atoms with van der Waals surface area (Å²) >= 11 is 1.64. The van der Waals surface area contributed by atoms with Crippen LogP contribution < -0.4 is 0 Å². The Morgan fingerprint density at radius 1 is 1.14 bits per heavy atom. The van der Waals surface area contributed by atoms with Crippen molar-refractivity contribution in [1.82, 2.24) is 4.90 Å². The van der Waals surface area contributed by atoms with Gasteiger partial charge in [0.1, 0.15) is 11.1 Å². The zero-order valence-corrected chi connectivity index (χ0v) is 12.6. The second-order valence-corrected chi connectivity index (χ2v) is 6.21. The highest BCUT2D eigenvalue weighted by Crippen LogP contribution is 2.43. The Bertz CT molecular complexity index is 627. The summed E-state index contributed by atoms with van der Waals surface area (Å²) in [4.78, 5) is 14.2. The van der Waals surface area contributed by atoms with Gasteiger partial charge in [-0.25, -0.2) is 0 Å². The summed E-state index contributed by atoms with van der Waals surface area (Å²) in [5.74, 6) is 0.910. The highest BCUT2D eigenvalue weighted by Gasteiger charge is 2.36. The molecule has 0 radical (unpaired) electrons. The number of benzene rings is 2. The molecule has 108 valence electrons. The zero-order valence-electron chi connectivity index (χ0n) is 11.8. The molecule has 0 spiro atoms. The van der Waals surface area contributed by atoms with Crippen LogP contribution in [0.3, 0.4) is 0 Å². The minimum Gasteiger partial charge on any atom is -0.508 e. The highest BCUT2D eigenvalue weighted by atomic mass is 32.2. The van der Waals surface area contributed by atoms with Gasteiger partial charge in [-0.1, -0.05) is 42.5 Å². The number of aromatic hydroxyl groups is 1. The topological polar surface area (TPSA) is 40.5 Å². The van der Waals surface area contributed by atoms with Crippen molar-refractivity contribution in [2.75, 3.05) is 5.75 Å². The Balaban J connectivity index is 1.91. The molecule has 1 aliphatic rings. The second kappa shape index (κ2) is 5.82. The number of hydrogen-bond acceptors (Lipinski definition) is 3. The number of carbonyl (C=O) groups excluding carboxylic acids is 1. The molecule has 1 amide bonds. The monoisotopic (exact) mass is 299 g/mol. The van der Waals surface area contributed by atoms with E-state index in [4.69, 9.17) is 0 Å². The Labute approximate surface area is 128 Å². The number of phenolic OH excluding ortho intramolecular Hbond substituents is 1. The molecule has 1 heterocycles. The fraction of sp³-hybridized carbons (Fsp3) is 0.235. The van der Waals surface area contributed by atoms with Crippen LogP contribution in [0, 0.1) is 0 Å². The van der Waals surface area contributed by atoms with E-state index in [1.54, 1.807) is 23.9 Å². The number of thioether (sulfide) groups is 1. The van der Waals surface area contributed by atoms with Crippen molar-refractivity contribution in [2.45, 2.75) is 18.3 Å². The molecule has 1 N–H and O–H groups in total. The van der Waals surface area contributed by atoms with E-state index in [-0.39, 0.29) is 23.1 Å². The molecule has 0 bridgehead atoms. The fourth-order valence-corrected chi connectivity index (χ4v) is 3.90. The van der Waals surface area contributed by atoms with Crippen LogP contribution in [0.2, 0.25) is 0 Å². The van der Waals surface area contributed by atoms with Gasteiger partial charge in [0, 0.05) is 0 Å². The number of rotatable bonds is 3. The fourth-order valence-electron chi connectivity index (χ4n) is 2.64. The van der Waals surface area contributed by atoms with Crippen LogP contribution in [0.1, 0.15) is 29.5 Å². The van der Waals surface area contributed by atoms with E-state index in [1.165, 1.54) is 0 Å². The predicted molar refractivity (Wildman–Crippen MR) is 85.0 cm³/mol. The molecule has 1 saturated heterocycles. The van der Waals surface area contributed by atoms with Crippen molar-refractivity contribution in [3.63, 3.8) is 0 Å². The van der Waals surface area contributed by atoms with E-state index in [0.29, 0.717) is 5.75 Å². The number of nitrogens with zero attached hydrogens (tertiary/aromatic N) is 1. The van der Waals surface area contributed by atoms with Gasteiger partial charge in [-0.2, -0.15) is 0 Å². The highest BCUT2D eigenvalue weighted by molar-refractivity contribution is 8.00. The minimum atomic E-state index is 0.00769. The average molecular weight is 299 g/mol. The normalized spacial score (nSPS) is 19.8. The van der Waals surface area contributed by atoms with E-state index in [1.807, 2.05) is 35.2 Å². The summed E-state index contributed by atoms with van der Waals surface area (Å²) in [6.45, 7) is 2.06. The van der Waals surface area contributed by atoms with Crippen molar-refractivity contribution in [1.29, 1.82) is 0 Å². The Morgan fingerprint density at radius 3 is 2.48 bits per heavy atom. The quantitative estimate of drug-likeness (QED) is 0.939. The van der Waals surface area contributed by atoms with Gasteiger partial charge in [0.25, 0.3) is 0 Å². The molecule has 1 aliphatic heterocycles. The maximum atomic E-state index is 12.3. The zero-order chi connectivity index (χ0) is 14.8. The third-order valence-corrected chi connectivity index (χ3v) is 5.01. The van der Waals surface area contributed by atoms with Gasteiger partial charge in [-0.15, -0.1) is 11.8 Å². The number of phenols is 1. The van der Waals surface area contributed by atoms with Crippen LogP contribution >= 0.6 is 11.8 Å². The summed E-state index contributed by atoms with van der Waals surface area (Å²) in [6, 6.07) is 17.2. The van der Waals surface area contributed by atoms with E-state index in [2.05, 4.69) is 19.1 Å². The molecule has 0 saturated carbocycles. The van der Waals surface area contributed by atoms with Crippen LogP contribution in [-0.4, -0.2) is 21.7 Å². The molecular formula is C17H17NO2S. The molecule has 0 unspecified atom stereocenters. The number of amides is 1. The van der Waals surface area contributed by atoms with Crippen molar-refractivity contribution in [3.8, 4) is 5.75 Å². The molecule has 3 rings (SSSR count). The Hall–Kier alpha value is -1.94. The molecule has 3 nitrogen and oxygen atoms in total. The van der Waals surface area contributed by atoms with Gasteiger partial charge in [-0.3, -0.25) is 4.79 Å². The molecule has 1 fully saturated rings. The minimum absolute atomic E-state index is 0.00769.